The van der Waals surface area contributed by atoms with Crippen LogP contribution in [-0.2, 0) is 0 Å². The van der Waals surface area contributed by atoms with Crippen molar-refractivity contribution >= 4 is 6.03 Å². The monoisotopic (exact) mass is 239 g/mol. The Morgan fingerprint density at radius 2 is 2.29 bits per heavy atom. The van der Waals surface area contributed by atoms with Gasteiger partial charge in [0.2, 0.25) is 0 Å². The number of amides is 2. The summed E-state index contributed by atoms with van der Waals surface area (Å²) in [5.74, 6) is 2.14. The van der Waals surface area contributed by atoms with E-state index in [0.717, 1.165) is 19.0 Å². The SMILES string of the molecule is CC(CC1CCCNC1)C1CNC(=O)N(C)C1. The van der Waals surface area contributed by atoms with E-state index in [1.807, 2.05) is 11.9 Å². The number of nitrogens with one attached hydrogen (secondary N) is 2. The third kappa shape index (κ3) is 3.35. The van der Waals surface area contributed by atoms with Gasteiger partial charge in [-0.1, -0.05) is 6.92 Å². The Labute approximate surface area is 104 Å². The highest BCUT2D eigenvalue weighted by atomic mass is 16.2. The van der Waals surface area contributed by atoms with Crippen molar-refractivity contribution in [1.82, 2.24) is 15.5 Å². The molecule has 2 rings (SSSR count). The highest BCUT2D eigenvalue weighted by Crippen LogP contribution is 2.26. The second-order valence-electron chi connectivity index (χ2n) is 5.75. The van der Waals surface area contributed by atoms with Crippen molar-refractivity contribution in [1.29, 1.82) is 0 Å². The van der Waals surface area contributed by atoms with E-state index in [-0.39, 0.29) is 6.03 Å². The summed E-state index contributed by atoms with van der Waals surface area (Å²) in [6, 6.07) is 0.0767. The summed E-state index contributed by atoms with van der Waals surface area (Å²) in [4.78, 5) is 13.2. The number of hydrogen-bond acceptors (Lipinski definition) is 2. The van der Waals surface area contributed by atoms with Gasteiger partial charge in [-0.25, -0.2) is 4.79 Å². The molecule has 3 atom stereocenters. The van der Waals surface area contributed by atoms with Gasteiger partial charge in [0.05, 0.1) is 0 Å². The molecule has 0 aliphatic carbocycles. The molecular weight excluding hydrogens is 214 g/mol. The van der Waals surface area contributed by atoms with Crippen LogP contribution >= 0.6 is 0 Å². The fourth-order valence-corrected chi connectivity index (χ4v) is 3.08. The van der Waals surface area contributed by atoms with Crippen LogP contribution in [0.5, 0.6) is 0 Å². The van der Waals surface area contributed by atoms with Crippen LogP contribution in [0, 0.1) is 17.8 Å². The molecule has 0 bridgehead atoms. The molecule has 2 amide bonds. The summed E-state index contributed by atoms with van der Waals surface area (Å²) in [7, 11) is 1.89. The second kappa shape index (κ2) is 5.71. The lowest BCUT2D eigenvalue weighted by atomic mass is 9.82. The predicted octanol–water partition coefficient (Wildman–Crippen LogP) is 1.28. The van der Waals surface area contributed by atoms with Gasteiger partial charge in [0.25, 0.3) is 0 Å². The zero-order valence-electron chi connectivity index (χ0n) is 11.0. The molecule has 2 heterocycles. The van der Waals surface area contributed by atoms with E-state index < -0.39 is 0 Å². The largest absolute Gasteiger partial charge is 0.338 e. The zero-order chi connectivity index (χ0) is 12.3. The fourth-order valence-electron chi connectivity index (χ4n) is 3.08. The first-order valence-corrected chi connectivity index (χ1v) is 6.86. The molecule has 0 aromatic carbocycles. The van der Waals surface area contributed by atoms with Crippen LogP contribution in [-0.4, -0.2) is 44.2 Å². The van der Waals surface area contributed by atoms with E-state index >= 15 is 0 Å². The normalized spacial score (nSPS) is 32.1. The van der Waals surface area contributed by atoms with Gasteiger partial charge in [-0.2, -0.15) is 0 Å². The van der Waals surface area contributed by atoms with Crippen molar-refractivity contribution in [3.8, 4) is 0 Å². The van der Waals surface area contributed by atoms with E-state index in [1.165, 1.54) is 32.4 Å². The summed E-state index contributed by atoms with van der Waals surface area (Å²) in [5.41, 5.74) is 0. The lowest BCUT2D eigenvalue weighted by Gasteiger charge is -2.36. The molecule has 2 aliphatic rings. The zero-order valence-corrected chi connectivity index (χ0v) is 11.0. The highest BCUT2D eigenvalue weighted by molar-refractivity contribution is 5.74. The molecule has 0 aromatic heterocycles. The van der Waals surface area contributed by atoms with E-state index in [2.05, 4.69) is 17.6 Å². The number of piperidine rings is 1. The lowest BCUT2D eigenvalue weighted by molar-refractivity contribution is 0.153. The molecule has 0 spiro atoms. The number of rotatable bonds is 3. The summed E-state index contributed by atoms with van der Waals surface area (Å²) in [6.45, 7) is 6.47. The minimum atomic E-state index is 0.0767. The van der Waals surface area contributed by atoms with Crippen molar-refractivity contribution in [3.05, 3.63) is 0 Å². The lowest BCUT2D eigenvalue weighted by Crippen LogP contribution is -2.51. The quantitative estimate of drug-likeness (QED) is 0.779. The Hall–Kier alpha value is -0.770. The third-order valence-electron chi connectivity index (χ3n) is 4.28. The smallest absolute Gasteiger partial charge is 0.317 e. The van der Waals surface area contributed by atoms with Crippen LogP contribution in [0.15, 0.2) is 0 Å². The summed E-state index contributed by atoms with van der Waals surface area (Å²) >= 11 is 0. The van der Waals surface area contributed by atoms with Crippen molar-refractivity contribution in [2.45, 2.75) is 26.2 Å². The molecule has 0 saturated carbocycles. The Kier molecular flexibility index (Phi) is 4.26. The Morgan fingerprint density at radius 3 is 2.94 bits per heavy atom. The first kappa shape index (κ1) is 12.7. The summed E-state index contributed by atoms with van der Waals surface area (Å²) in [5, 5.41) is 6.45. The van der Waals surface area contributed by atoms with Crippen molar-refractivity contribution in [3.63, 3.8) is 0 Å². The molecule has 98 valence electrons. The molecular formula is C13H25N3O. The van der Waals surface area contributed by atoms with Gasteiger partial charge in [0.1, 0.15) is 0 Å². The average Bonchev–Trinajstić information content (AvgIpc) is 2.34. The molecule has 4 heteroatoms. The van der Waals surface area contributed by atoms with E-state index in [1.54, 1.807) is 0 Å². The first-order chi connectivity index (χ1) is 8.16. The number of carbonyl (C=O) groups is 1. The maximum atomic E-state index is 11.4. The van der Waals surface area contributed by atoms with E-state index in [9.17, 15) is 4.79 Å². The fraction of sp³-hybridized carbons (Fsp3) is 0.923. The second-order valence-corrected chi connectivity index (χ2v) is 5.75. The molecule has 2 fully saturated rings. The van der Waals surface area contributed by atoms with Gasteiger partial charge in [-0.3, -0.25) is 0 Å². The molecule has 4 nitrogen and oxygen atoms in total. The van der Waals surface area contributed by atoms with Gasteiger partial charge in [0.15, 0.2) is 0 Å². The highest BCUT2D eigenvalue weighted by Gasteiger charge is 2.28. The maximum absolute atomic E-state index is 11.4. The van der Waals surface area contributed by atoms with Crippen LogP contribution < -0.4 is 10.6 Å². The van der Waals surface area contributed by atoms with Gasteiger partial charge >= 0.3 is 6.03 Å². The van der Waals surface area contributed by atoms with Crippen LogP contribution in [0.1, 0.15) is 26.2 Å². The molecule has 2 saturated heterocycles. The molecule has 0 radical (unpaired) electrons. The van der Waals surface area contributed by atoms with Gasteiger partial charge < -0.3 is 15.5 Å². The number of nitrogens with zero attached hydrogens (tertiary/aromatic N) is 1. The van der Waals surface area contributed by atoms with Crippen molar-refractivity contribution in [2.24, 2.45) is 17.8 Å². The summed E-state index contributed by atoms with van der Waals surface area (Å²) in [6.07, 6.45) is 3.98. The Balaban J connectivity index is 1.78. The van der Waals surface area contributed by atoms with Crippen LogP contribution in [0.3, 0.4) is 0 Å². The van der Waals surface area contributed by atoms with Gasteiger partial charge in [0, 0.05) is 20.1 Å². The third-order valence-corrected chi connectivity index (χ3v) is 4.28. The average molecular weight is 239 g/mol. The Bertz CT molecular complexity index is 263. The minimum absolute atomic E-state index is 0.0767. The summed E-state index contributed by atoms with van der Waals surface area (Å²) < 4.78 is 0. The number of urea groups is 1. The maximum Gasteiger partial charge on any atom is 0.317 e. The standard InChI is InChI=1S/C13H25N3O/c1-10(6-11-4-3-5-14-7-11)12-8-15-13(17)16(2)9-12/h10-12,14H,3-9H2,1-2H3,(H,15,17). The van der Waals surface area contributed by atoms with Crippen LogP contribution in [0.4, 0.5) is 4.79 Å². The predicted molar refractivity (Wildman–Crippen MR) is 68.9 cm³/mol. The first-order valence-electron chi connectivity index (χ1n) is 6.86. The van der Waals surface area contributed by atoms with E-state index in [4.69, 9.17) is 0 Å². The van der Waals surface area contributed by atoms with Gasteiger partial charge in [-0.05, 0) is 50.1 Å². The van der Waals surface area contributed by atoms with Gasteiger partial charge in [-0.15, -0.1) is 0 Å². The number of carbonyl (C=O) groups excluding carboxylic acids is 1. The Morgan fingerprint density at radius 1 is 1.47 bits per heavy atom. The molecule has 17 heavy (non-hydrogen) atoms. The van der Waals surface area contributed by atoms with Crippen molar-refractivity contribution in [2.75, 3.05) is 33.2 Å². The molecule has 2 aliphatic heterocycles. The van der Waals surface area contributed by atoms with Crippen LogP contribution in [0.2, 0.25) is 0 Å². The van der Waals surface area contributed by atoms with E-state index in [0.29, 0.717) is 11.8 Å². The molecule has 3 unspecified atom stereocenters. The minimum Gasteiger partial charge on any atom is -0.338 e. The topological polar surface area (TPSA) is 44.4 Å². The number of hydrogen-bond donors (Lipinski definition) is 2. The van der Waals surface area contributed by atoms with Crippen molar-refractivity contribution < 1.29 is 4.79 Å². The molecule has 0 aromatic rings. The van der Waals surface area contributed by atoms with Crippen LogP contribution in [0.25, 0.3) is 0 Å². The molecule has 2 N–H and O–H groups in total.